The maximum Gasteiger partial charge on any atom is 0.433 e. The number of rotatable bonds is 6. The van der Waals surface area contributed by atoms with E-state index in [-0.39, 0.29) is 35.3 Å². The van der Waals surface area contributed by atoms with Crippen LogP contribution in [0.15, 0.2) is 24.2 Å². The Hall–Kier alpha value is -3.29. The van der Waals surface area contributed by atoms with Gasteiger partial charge in [-0.05, 0) is 25.0 Å². The highest BCUT2D eigenvalue weighted by atomic mass is 32.2. The van der Waals surface area contributed by atoms with E-state index < -0.39 is 33.6 Å². The fourth-order valence-electron chi connectivity index (χ4n) is 3.26. The van der Waals surface area contributed by atoms with Crippen LogP contribution in [0.25, 0.3) is 17.6 Å². The largest absolute Gasteiger partial charge is 0.433 e. The number of nitrogens with zero attached hydrogens (tertiary/aromatic N) is 6. The summed E-state index contributed by atoms with van der Waals surface area (Å²) in [6, 6.07) is 1.68. The molecule has 0 N–H and O–H groups in total. The summed E-state index contributed by atoms with van der Waals surface area (Å²) in [5.74, 6) is -1.13. The summed E-state index contributed by atoms with van der Waals surface area (Å²) in [7, 11) is -2.06. The van der Waals surface area contributed by atoms with E-state index >= 15 is 0 Å². The van der Waals surface area contributed by atoms with Gasteiger partial charge in [0.25, 0.3) is 5.91 Å². The van der Waals surface area contributed by atoms with Gasteiger partial charge in [0.2, 0.25) is 0 Å². The zero-order valence-corrected chi connectivity index (χ0v) is 18.4. The second-order valence-corrected chi connectivity index (χ2v) is 10.2. The van der Waals surface area contributed by atoms with Gasteiger partial charge in [0.1, 0.15) is 27.6 Å². The van der Waals surface area contributed by atoms with Crippen molar-refractivity contribution in [2.45, 2.75) is 24.9 Å². The summed E-state index contributed by atoms with van der Waals surface area (Å²) in [6.07, 6.45) is 0.287. The van der Waals surface area contributed by atoms with Gasteiger partial charge in [-0.15, -0.1) is 5.10 Å². The van der Waals surface area contributed by atoms with Crippen LogP contribution in [0.1, 0.15) is 30.1 Å². The number of sulfone groups is 1. The van der Waals surface area contributed by atoms with Gasteiger partial charge in [0.15, 0.2) is 5.82 Å². The van der Waals surface area contributed by atoms with E-state index in [1.165, 1.54) is 25.6 Å². The number of halogens is 3. The van der Waals surface area contributed by atoms with Crippen molar-refractivity contribution < 1.29 is 31.2 Å². The Kier molecular flexibility index (Phi) is 5.50. The molecule has 0 spiro atoms. The molecule has 10 nitrogen and oxygen atoms in total. The number of imide groups is 1. The third-order valence-corrected chi connectivity index (χ3v) is 6.11. The summed E-state index contributed by atoms with van der Waals surface area (Å²) in [5.41, 5.74) is -0.663. The fraction of sp³-hybridized carbons (Fsp3) is 0.421. The minimum absolute atomic E-state index is 0.00462. The molecule has 0 unspecified atom stereocenters. The number of urea groups is 1. The summed E-state index contributed by atoms with van der Waals surface area (Å²) in [5, 5.41) is 4.12. The van der Waals surface area contributed by atoms with Crippen LogP contribution in [0.5, 0.6) is 0 Å². The first-order chi connectivity index (χ1) is 15.3. The van der Waals surface area contributed by atoms with Crippen LogP contribution in [0, 0.1) is 0 Å². The lowest BCUT2D eigenvalue weighted by Crippen LogP contribution is -2.35. The van der Waals surface area contributed by atoms with Crippen LogP contribution >= 0.6 is 0 Å². The monoisotopic (exact) mass is 484 g/mol. The van der Waals surface area contributed by atoms with Crippen molar-refractivity contribution in [3.63, 3.8) is 0 Å². The van der Waals surface area contributed by atoms with Crippen LogP contribution in [0.2, 0.25) is 0 Å². The van der Waals surface area contributed by atoms with Crippen molar-refractivity contribution in [2.24, 2.45) is 0 Å². The van der Waals surface area contributed by atoms with Crippen molar-refractivity contribution in [1.82, 2.24) is 29.5 Å². The second-order valence-electron chi connectivity index (χ2n) is 7.93. The third-order valence-electron chi connectivity index (χ3n) is 5.18. The quantitative estimate of drug-likeness (QED) is 0.454. The topological polar surface area (TPSA) is 118 Å². The number of aromatic nitrogens is 4. The molecule has 176 valence electrons. The van der Waals surface area contributed by atoms with Gasteiger partial charge in [-0.3, -0.25) is 14.6 Å². The molecular weight excluding hydrogens is 465 g/mol. The van der Waals surface area contributed by atoms with Gasteiger partial charge in [-0.1, -0.05) is 0 Å². The number of carbonyl (C=O) groups excluding carboxylic acids is 2. The Morgan fingerprint density at radius 3 is 2.52 bits per heavy atom. The van der Waals surface area contributed by atoms with Gasteiger partial charge < -0.3 is 0 Å². The molecule has 0 radical (unpaired) electrons. The highest BCUT2D eigenvalue weighted by Crippen LogP contribution is 2.41. The first kappa shape index (κ1) is 22.9. The maximum absolute atomic E-state index is 13.3. The Morgan fingerprint density at radius 2 is 1.91 bits per heavy atom. The van der Waals surface area contributed by atoms with Crippen molar-refractivity contribution in [3.8, 4) is 11.4 Å². The number of carbonyl (C=O) groups is 2. The lowest BCUT2D eigenvalue weighted by atomic mass is 10.1. The molecule has 14 heteroatoms. The molecule has 1 saturated carbocycles. The Balaban J connectivity index is 1.62. The predicted octanol–water partition coefficient (Wildman–Crippen LogP) is 1.97. The van der Waals surface area contributed by atoms with Gasteiger partial charge in [0, 0.05) is 37.0 Å². The average molecular weight is 484 g/mol. The standard InChI is InChI=1S/C19H19F3N6O4S/c1-26-14(17(29)28(18(26)30)5-6-33(2,31)32)9-27-10-23-16(25-27)12-7-13(11-3-4-11)24-15(8-12)19(20,21)22/h7-11H,3-6H2,1-2H3. The van der Waals surface area contributed by atoms with Crippen LogP contribution in [0.3, 0.4) is 0 Å². The number of alkyl halides is 3. The molecule has 2 aromatic heterocycles. The summed E-state index contributed by atoms with van der Waals surface area (Å²) >= 11 is 0. The second kappa shape index (κ2) is 7.93. The van der Waals surface area contributed by atoms with Crippen molar-refractivity contribution >= 4 is 28.0 Å². The lowest BCUT2D eigenvalue weighted by molar-refractivity contribution is -0.141. The van der Waals surface area contributed by atoms with Crippen molar-refractivity contribution in [3.05, 3.63) is 35.5 Å². The molecule has 2 aromatic rings. The van der Waals surface area contributed by atoms with Gasteiger partial charge in [0.05, 0.1) is 12.0 Å². The molecule has 1 aliphatic carbocycles. The van der Waals surface area contributed by atoms with E-state index in [4.69, 9.17) is 0 Å². The van der Waals surface area contributed by atoms with E-state index in [2.05, 4.69) is 15.1 Å². The van der Waals surface area contributed by atoms with Crippen molar-refractivity contribution in [1.29, 1.82) is 0 Å². The number of hydrogen-bond donors (Lipinski definition) is 0. The zero-order valence-electron chi connectivity index (χ0n) is 17.6. The van der Waals surface area contributed by atoms with E-state index in [0.29, 0.717) is 5.69 Å². The van der Waals surface area contributed by atoms with E-state index in [1.54, 1.807) is 0 Å². The van der Waals surface area contributed by atoms with E-state index in [9.17, 15) is 31.2 Å². The zero-order chi connectivity index (χ0) is 24.1. The molecule has 4 rings (SSSR count). The van der Waals surface area contributed by atoms with Crippen LogP contribution in [0.4, 0.5) is 18.0 Å². The van der Waals surface area contributed by atoms with E-state index in [0.717, 1.165) is 39.6 Å². The molecule has 1 aliphatic heterocycles. The normalized spacial score (nSPS) is 18.6. The molecule has 3 heterocycles. The van der Waals surface area contributed by atoms with Crippen LogP contribution < -0.4 is 0 Å². The van der Waals surface area contributed by atoms with Crippen LogP contribution in [-0.2, 0) is 20.8 Å². The smallest absolute Gasteiger partial charge is 0.291 e. The van der Waals surface area contributed by atoms with Crippen LogP contribution in [-0.4, -0.2) is 75.5 Å². The molecule has 0 aromatic carbocycles. The first-order valence-corrected chi connectivity index (χ1v) is 11.9. The Labute approximate surface area is 186 Å². The summed E-state index contributed by atoms with van der Waals surface area (Å²) < 4.78 is 63.7. The Bertz CT molecular complexity index is 1270. The number of pyridine rings is 1. The number of likely N-dealkylation sites (N-methyl/N-ethyl adjacent to an activating group) is 1. The molecular formula is C19H19F3N6O4S. The predicted molar refractivity (Wildman–Crippen MR) is 109 cm³/mol. The van der Waals surface area contributed by atoms with Gasteiger partial charge >= 0.3 is 12.2 Å². The number of hydrogen-bond acceptors (Lipinski definition) is 7. The highest BCUT2D eigenvalue weighted by molar-refractivity contribution is 7.90. The summed E-state index contributed by atoms with van der Waals surface area (Å²) in [6.45, 7) is -0.304. The Morgan fingerprint density at radius 1 is 1.21 bits per heavy atom. The molecule has 33 heavy (non-hydrogen) atoms. The minimum Gasteiger partial charge on any atom is -0.291 e. The minimum atomic E-state index is -4.63. The molecule has 1 saturated heterocycles. The number of amides is 3. The molecule has 0 bridgehead atoms. The molecule has 3 amide bonds. The maximum atomic E-state index is 13.3. The molecule has 0 atom stereocenters. The van der Waals surface area contributed by atoms with Gasteiger partial charge in [-0.2, -0.15) is 13.2 Å². The highest BCUT2D eigenvalue weighted by Gasteiger charge is 2.39. The molecule has 2 fully saturated rings. The lowest BCUT2D eigenvalue weighted by Gasteiger charge is -2.12. The third kappa shape index (κ3) is 4.89. The van der Waals surface area contributed by atoms with Crippen molar-refractivity contribution in [2.75, 3.05) is 25.6 Å². The average Bonchev–Trinajstić information content (AvgIpc) is 3.43. The first-order valence-electron chi connectivity index (χ1n) is 9.83. The van der Waals surface area contributed by atoms with E-state index in [1.807, 2.05) is 0 Å². The summed E-state index contributed by atoms with van der Waals surface area (Å²) in [4.78, 5) is 34.5. The fourth-order valence-corrected chi connectivity index (χ4v) is 3.77. The van der Waals surface area contributed by atoms with Gasteiger partial charge in [-0.25, -0.2) is 27.9 Å². The SMILES string of the molecule is CN1C(=O)N(CCS(C)(=O)=O)C(=O)C1=Cn1cnc(-c2cc(C3CC3)nc(C(F)(F)F)c2)n1. The molecule has 2 aliphatic rings.